The van der Waals surface area contributed by atoms with Gasteiger partial charge in [0.15, 0.2) is 0 Å². The van der Waals surface area contributed by atoms with E-state index >= 15 is 0 Å². The van der Waals surface area contributed by atoms with Crippen LogP contribution in [0.4, 0.5) is 4.39 Å². The Morgan fingerprint density at radius 2 is 1.88 bits per heavy atom. The highest BCUT2D eigenvalue weighted by atomic mass is 19.1. The summed E-state index contributed by atoms with van der Waals surface area (Å²) >= 11 is 0. The standard InChI is InChI=1S/C20H22FNO2/c1-14(2)20(16-8-10-18(24-3)11-9-16)22-19(23)12-7-15-5-4-6-17(21)13-15/h4-14,20H,1-3H3,(H,22,23)/b12-7+. The summed E-state index contributed by atoms with van der Waals surface area (Å²) in [5.74, 6) is 0.466. The summed E-state index contributed by atoms with van der Waals surface area (Å²) in [7, 11) is 1.62. The zero-order valence-corrected chi connectivity index (χ0v) is 14.1. The lowest BCUT2D eigenvalue weighted by Gasteiger charge is -2.22. The van der Waals surface area contributed by atoms with E-state index in [0.29, 0.717) is 5.56 Å². The van der Waals surface area contributed by atoms with Crippen LogP contribution in [0.3, 0.4) is 0 Å². The van der Waals surface area contributed by atoms with Crippen LogP contribution in [0.1, 0.15) is 31.0 Å². The molecule has 2 rings (SSSR count). The lowest BCUT2D eigenvalue weighted by Crippen LogP contribution is -2.30. The number of rotatable bonds is 6. The highest BCUT2D eigenvalue weighted by Gasteiger charge is 2.17. The number of amides is 1. The number of halogens is 1. The molecule has 1 amide bonds. The molecule has 3 nitrogen and oxygen atoms in total. The van der Waals surface area contributed by atoms with Crippen LogP contribution in [0.15, 0.2) is 54.6 Å². The molecule has 0 heterocycles. The van der Waals surface area contributed by atoms with Crippen molar-refractivity contribution in [3.63, 3.8) is 0 Å². The first kappa shape index (κ1) is 17.7. The molecule has 0 saturated heterocycles. The molecule has 0 radical (unpaired) electrons. The molecule has 4 heteroatoms. The molecular formula is C20H22FNO2. The van der Waals surface area contributed by atoms with Crippen LogP contribution in [0.25, 0.3) is 6.08 Å². The van der Waals surface area contributed by atoms with Crippen molar-refractivity contribution < 1.29 is 13.9 Å². The van der Waals surface area contributed by atoms with Gasteiger partial charge in [-0.1, -0.05) is 38.1 Å². The number of carbonyl (C=O) groups excluding carboxylic acids is 1. The second-order valence-electron chi connectivity index (χ2n) is 5.89. The molecule has 0 aliphatic heterocycles. The van der Waals surface area contributed by atoms with E-state index in [0.717, 1.165) is 11.3 Å². The number of hydrogen-bond donors (Lipinski definition) is 1. The minimum atomic E-state index is -0.323. The van der Waals surface area contributed by atoms with Crippen LogP contribution in [0, 0.1) is 11.7 Å². The van der Waals surface area contributed by atoms with Crippen molar-refractivity contribution in [2.45, 2.75) is 19.9 Å². The molecular weight excluding hydrogens is 305 g/mol. The van der Waals surface area contributed by atoms with Gasteiger partial charge in [0.05, 0.1) is 13.2 Å². The third-order valence-corrected chi connectivity index (χ3v) is 3.72. The Morgan fingerprint density at radius 1 is 1.17 bits per heavy atom. The monoisotopic (exact) mass is 327 g/mol. The first-order chi connectivity index (χ1) is 11.5. The Kier molecular flexibility index (Phi) is 6.13. The average Bonchev–Trinajstić information content (AvgIpc) is 2.58. The minimum absolute atomic E-state index is 0.111. The van der Waals surface area contributed by atoms with Crippen LogP contribution in [-0.2, 0) is 4.79 Å². The van der Waals surface area contributed by atoms with Crippen LogP contribution < -0.4 is 10.1 Å². The third-order valence-electron chi connectivity index (χ3n) is 3.72. The molecule has 0 aliphatic rings. The maximum atomic E-state index is 13.1. The van der Waals surface area contributed by atoms with Gasteiger partial charge in [0.25, 0.3) is 0 Å². The molecule has 24 heavy (non-hydrogen) atoms. The fraction of sp³-hybridized carbons (Fsp3) is 0.250. The molecule has 0 spiro atoms. The molecule has 0 fully saturated rings. The largest absolute Gasteiger partial charge is 0.497 e. The molecule has 0 aromatic heterocycles. The number of carbonyl (C=O) groups is 1. The molecule has 126 valence electrons. The number of methoxy groups -OCH3 is 1. The van der Waals surface area contributed by atoms with E-state index in [1.165, 1.54) is 18.2 Å². The first-order valence-electron chi connectivity index (χ1n) is 7.87. The van der Waals surface area contributed by atoms with Crippen molar-refractivity contribution in [2.24, 2.45) is 5.92 Å². The van der Waals surface area contributed by atoms with Crippen molar-refractivity contribution in [3.05, 3.63) is 71.6 Å². The van der Waals surface area contributed by atoms with E-state index in [1.807, 2.05) is 38.1 Å². The van der Waals surface area contributed by atoms with E-state index in [2.05, 4.69) is 5.32 Å². The maximum Gasteiger partial charge on any atom is 0.244 e. The van der Waals surface area contributed by atoms with E-state index in [4.69, 9.17) is 4.74 Å². The second-order valence-corrected chi connectivity index (χ2v) is 5.89. The second kappa shape index (κ2) is 8.29. The quantitative estimate of drug-likeness (QED) is 0.801. The fourth-order valence-electron chi connectivity index (χ4n) is 2.43. The van der Waals surface area contributed by atoms with Gasteiger partial charge in [-0.05, 0) is 47.4 Å². The predicted octanol–water partition coefficient (Wildman–Crippen LogP) is 4.36. The normalized spacial score (nSPS) is 12.4. The van der Waals surface area contributed by atoms with Gasteiger partial charge in [0.2, 0.25) is 5.91 Å². The highest BCUT2D eigenvalue weighted by Crippen LogP contribution is 2.23. The van der Waals surface area contributed by atoms with E-state index in [9.17, 15) is 9.18 Å². The van der Waals surface area contributed by atoms with Gasteiger partial charge in [0, 0.05) is 6.08 Å². The Hall–Kier alpha value is -2.62. The van der Waals surface area contributed by atoms with Crippen molar-refractivity contribution in [3.8, 4) is 5.75 Å². The molecule has 0 bridgehead atoms. The van der Waals surface area contributed by atoms with Crippen LogP contribution >= 0.6 is 0 Å². The highest BCUT2D eigenvalue weighted by molar-refractivity contribution is 5.92. The molecule has 2 aromatic rings. The number of ether oxygens (including phenoxy) is 1. The van der Waals surface area contributed by atoms with Crippen molar-refractivity contribution in [1.29, 1.82) is 0 Å². The molecule has 1 unspecified atom stereocenters. The Bertz CT molecular complexity index is 708. The fourth-order valence-corrected chi connectivity index (χ4v) is 2.43. The number of hydrogen-bond acceptors (Lipinski definition) is 2. The summed E-state index contributed by atoms with van der Waals surface area (Å²) in [5, 5.41) is 2.99. The van der Waals surface area contributed by atoms with Crippen molar-refractivity contribution in [1.82, 2.24) is 5.32 Å². The minimum Gasteiger partial charge on any atom is -0.497 e. The van der Waals surface area contributed by atoms with E-state index in [1.54, 1.807) is 25.3 Å². The summed E-state index contributed by atoms with van der Waals surface area (Å²) in [5.41, 5.74) is 1.66. The topological polar surface area (TPSA) is 38.3 Å². The molecule has 1 N–H and O–H groups in total. The predicted molar refractivity (Wildman–Crippen MR) is 94.1 cm³/mol. The average molecular weight is 327 g/mol. The Balaban J connectivity index is 2.07. The first-order valence-corrected chi connectivity index (χ1v) is 7.87. The molecule has 1 atom stereocenters. The number of nitrogens with one attached hydrogen (secondary N) is 1. The third kappa shape index (κ3) is 4.95. The van der Waals surface area contributed by atoms with Gasteiger partial charge >= 0.3 is 0 Å². The number of benzene rings is 2. The molecule has 0 saturated carbocycles. The van der Waals surface area contributed by atoms with E-state index in [-0.39, 0.29) is 23.7 Å². The zero-order chi connectivity index (χ0) is 17.5. The van der Waals surface area contributed by atoms with Crippen LogP contribution in [-0.4, -0.2) is 13.0 Å². The summed E-state index contributed by atoms with van der Waals surface area (Å²) in [4.78, 5) is 12.2. The van der Waals surface area contributed by atoms with Gasteiger partial charge in [-0.2, -0.15) is 0 Å². The Morgan fingerprint density at radius 3 is 2.46 bits per heavy atom. The molecule has 2 aromatic carbocycles. The van der Waals surface area contributed by atoms with Gasteiger partial charge in [-0.3, -0.25) is 4.79 Å². The summed E-state index contributed by atoms with van der Waals surface area (Å²) in [6, 6.07) is 13.6. The van der Waals surface area contributed by atoms with Crippen molar-refractivity contribution >= 4 is 12.0 Å². The smallest absolute Gasteiger partial charge is 0.244 e. The maximum absolute atomic E-state index is 13.1. The van der Waals surface area contributed by atoms with Crippen LogP contribution in [0.5, 0.6) is 5.75 Å². The lowest BCUT2D eigenvalue weighted by molar-refractivity contribution is -0.117. The SMILES string of the molecule is COc1ccc(C(NC(=O)/C=C/c2cccc(F)c2)C(C)C)cc1. The van der Waals surface area contributed by atoms with Crippen molar-refractivity contribution in [2.75, 3.05) is 7.11 Å². The summed E-state index contributed by atoms with van der Waals surface area (Å²) < 4.78 is 18.3. The van der Waals surface area contributed by atoms with Gasteiger partial charge in [-0.15, -0.1) is 0 Å². The Labute approximate surface area is 142 Å². The van der Waals surface area contributed by atoms with Gasteiger partial charge in [0.1, 0.15) is 11.6 Å². The van der Waals surface area contributed by atoms with Gasteiger partial charge in [-0.25, -0.2) is 4.39 Å². The zero-order valence-electron chi connectivity index (χ0n) is 14.1. The lowest BCUT2D eigenvalue weighted by atomic mass is 9.96. The van der Waals surface area contributed by atoms with E-state index < -0.39 is 0 Å². The summed E-state index contributed by atoms with van der Waals surface area (Å²) in [6.45, 7) is 4.09. The van der Waals surface area contributed by atoms with Crippen LogP contribution in [0.2, 0.25) is 0 Å². The summed E-state index contributed by atoms with van der Waals surface area (Å²) in [6.07, 6.45) is 3.03. The van der Waals surface area contributed by atoms with Gasteiger partial charge < -0.3 is 10.1 Å². The molecule has 0 aliphatic carbocycles.